The number of likely N-dealkylation sites (N-methyl/N-ethyl adjacent to an activating group) is 1. The lowest BCUT2D eigenvalue weighted by Crippen LogP contribution is -2.51. The van der Waals surface area contributed by atoms with Crippen LogP contribution in [0.3, 0.4) is 0 Å². The lowest BCUT2D eigenvalue weighted by atomic mass is 10.1. The van der Waals surface area contributed by atoms with E-state index in [1.807, 2.05) is 6.07 Å². The second kappa shape index (κ2) is 6.18. The summed E-state index contributed by atoms with van der Waals surface area (Å²) in [6, 6.07) is 8.54. The van der Waals surface area contributed by atoms with E-state index in [1.54, 1.807) is 0 Å². The Hall–Kier alpha value is -1.36. The van der Waals surface area contributed by atoms with Gasteiger partial charge in [0.2, 0.25) is 0 Å². The Morgan fingerprint density at radius 3 is 2.62 bits per heavy atom. The van der Waals surface area contributed by atoms with E-state index in [0.717, 1.165) is 43.9 Å². The summed E-state index contributed by atoms with van der Waals surface area (Å²) in [7, 11) is 2.18. The molecule has 1 aromatic carbocycles. The summed E-state index contributed by atoms with van der Waals surface area (Å²) in [5.74, 6) is 1.08. The summed E-state index contributed by atoms with van der Waals surface area (Å²) < 4.78 is 6.11. The number of hydrazine groups is 1. The highest BCUT2D eigenvalue weighted by atomic mass is 16.3. The molecule has 114 valence electrons. The van der Waals surface area contributed by atoms with Gasteiger partial charge in [-0.15, -0.1) is 0 Å². The number of nitrogens with one attached hydrogen (secondary N) is 1. The fourth-order valence-electron chi connectivity index (χ4n) is 3.10. The summed E-state index contributed by atoms with van der Waals surface area (Å²) in [6.07, 6.45) is 1.00. The molecule has 1 fully saturated rings. The second-order valence-electron chi connectivity index (χ2n) is 5.94. The minimum Gasteiger partial charge on any atom is -0.459 e. The Morgan fingerprint density at radius 2 is 1.90 bits per heavy atom. The molecule has 1 aliphatic heterocycles. The van der Waals surface area contributed by atoms with Gasteiger partial charge in [-0.1, -0.05) is 25.1 Å². The predicted octanol–water partition coefficient (Wildman–Crippen LogP) is 2.81. The van der Waals surface area contributed by atoms with Crippen molar-refractivity contribution in [2.24, 2.45) is 0 Å². The lowest BCUT2D eigenvalue weighted by molar-refractivity contribution is 0.0858. The minimum absolute atomic E-state index is 0.204. The SMILES string of the molecule is CCc1c(C(C)NN2CCN(C)CC2)oc2ccccc12. The molecule has 0 amide bonds. The molecule has 2 heterocycles. The Kier molecular flexibility index (Phi) is 4.29. The van der Waals surface area contributed by atoms with Crippen molar-refractivity contribution in [1.29, 1.82) is 0 Å². The summed E-state index contributed by atoms with van der Waals surface area (Å²) >= 11 is 0. The Morgan fingerprint density at radius 1 is 1.19 bits per heavy atom. The van der Waals surface area contributed by atoms with E-state index in [4.69, 9.17) is 4.42 Å². The zero-order chi connectivity index (χ0) is 14.8. The average molecular weight is 287 g/mol. The molecule has 4 heteroatoms. The van der Waals surface area contributed by atoms with Crippen molar-refractivity contribution >= 4 is 11.0 Å². The maximum atomic E-state index is 6.11. The highest BCUT2D eigenvalue weighted by Gasteiger charge is 2.21. The molecule has 1 aliphatic rings. The highest BCUT2D eigenvalue weighted by molar-refractivity contribution is 5.82. The maximum Gasteiger partial charge on any atom is 0.134 e. The van der Waals surface area contributed by atoms with Crippen LogP contribution in [0.4, 0.5) is 0 Å². The molecule has 1 N–H and O–H groups in total. The minimum atomic E-state index is 0.204. The first-order chi connectivity index (χ1) is 10.2. The van der Waals surface area contributed by atoms with Crippen LogP contribution in [0, 0.1) is 0 Å². The number of aryl methyl sites for hydroxylation is 1. The van der Waals surface area contributed by atoms with Crippen molar-refractivity contribution < 1.29 is 4.42 Å². The highest BCUT2D eigenvalue weighted by Crippen LogP contribution is 2.30. The molecule has 1 unspecified atom stereocenters. The molecule has 0 aliphatic carbocycles. The molecule has 3 rings (SSSR count). The lowest BCUT2D eigenvalue weighted by Gasteiger charge is -2.34. The quantitative estimate of drug-likeness (QED) is 0.937. The van der Waals surface area contributed by atoms with Crippen LogP contribution in [-0.4, -0.2) is 43.1 Å². The second-order valence-corrected chi connectivity index (χ2v) is 5.94. The first-order valence-electron chi connectivity index (χ1n) is 7.89. The molecule has 0 bridgehead atoms. The zero-order valence-corrected chi connectivity index (χ0v) is 13.2. The fourth-order valence-corrected chi connectivity index (χ4v) is 3.10. The normalized spacial score (nSPS) is 19.2. The van der Waals surface area contributed by atoms with Gasteiger partial charge < -0.3 is 9.32 Å². The van der Waals surface area contributed by atoms with Crippen molar-refractivity contribution in [2.75, 3.05) is 33.2 Å². The summed E-state index contributed by atoms with van der Waals surface area (Å²) in [4.78, 5) is 2.36. The number of para-hydroxylation sites is 1. The first-order valence-corrected chi connectivity index (χ1v) is 7.89. The van der Waals surface area contributed by atoms with Crippen LogP contribution in [0.25, 0.3) is 11.0 Å². The van der Waals surface area contributed by atoms with Crippen molar-refractivity contribution in [3.05, 3.63) is 35.6 Å². The molecule has 0 spiro atoms. The number of furan rings is 1. The topological polar surface area (TPSA) is 31.6 Å². The predicted molar refractivity (Wildman–Crippen MR) is 86.2 cm³/mol. The van der Waals surface area contributed by atoms with Crippen molar-refractivity contribution in [2.45, 2.75) is 26.3 Å². The third-order valence-corrected chi connectivity index (χ3v) is 4.36. The van der Waals surface area contributed by atoms with Gasteiger partial charge in [-0.05, 0) is 26.5 Å². The van der Waals surface area contributed by atoms with Crippen LogP contribution in [0.1, 0.15) is 31.2 Å². The number of benzene rings is 1. The van der Waals surface area contributed by atoms with Crippen LogP contribution in [0.15, 0.2) is 28.7 Å². The largest absolute Gasteiger partial charge is 0.459 e. The van der Waals surface area contributed by atoms with Crippen LogP contribution in [0.5, 0.6) is 0 Å². The van der Waals surface area contributed by atoms with Gasteiger partial charge >= 0.3 is 0 Å². The number of hydrogen-bond donors (Lipinski definition) is 1. The Bertz CT molecular complexity index is 599. The van der Waals surface area contributed by atoms with Gasteiger partial charge in [-0.25, -0.2) is 10.4 Å². The number of piperazine rings is 1. The van der Waals surface area contributed by atoms with Crippen LogP contribution in [0.2, 0.25) is 0 Å². The molecule has 0 radical (unpaired) electrons. The summed E-state index contributed by atoms with van der Waals surface area (Å²) in [5, 5.41) is 3.57. The Balaban J connectivity index is 1.79. The van der Waals surface area contributed by atoms with Crippen LogP contribution in [-0.2, 0) is 6.42 Å². The molecule has 0 saturated carbocycles. The fraction of sp³-hybridized carbons (Fsp3) is 0.529. The van der Waals surface area contributed by atoms with Gasteiger partial charge in [0, 0.05) is 37.1 Å². The van der Waals surface area contributed by atoms with E-state index in [1.165, 1.54) is 10.9 Å². The van der Waals surface area contributed by atoms with E-state index < -0.39 is 0 Å². The summed E-state index contributed by atoms with van der Waals surface area (Å²) in [6.45, 7) is 8.73. The molecular weight excluding hydrogens is 262 g/mol. The summed E-state index contributed by atoms with van der Waals surface area (Å²) in [5.41, 5.74) is 5.93. The smallest absolute Gasteiger partial charge is 0.134 e. The standard InChI is InChI=1S/C17H25N3O/c1-4-14-15-7-5-6-8-16(15)21-17(14)13(2)18-20-11-9-19(3)10-12-20/h5-8,13,18H,4,9-12H2,1-3H3. The van der Waals surface area contributed by atoms with Gasteiger partial charge in [0.1, 0.15) is 11.3 Å². The van der Waals surface area contributed by atoms with Gasteiger partial charge in [0.15, 0.2) is 0 Å². The molecule has 2 aromatic rings. The van der Waals surface area contributed by atoms with Crippen LogP contribution < -0.4 is 5.43 Å². The molecule has 4 nitrogen and oxygen atoms in total. The average Bonchev–Trinajstić information content (AvgIpc) is 2.88. The Labute approximate surface area is 126 Å². The molecule has 1 saturated heterocycles. The van der Waals surface area contributed by atoms with E-state index in [2.05, 4.69) is 54.4 Å². The van der Waals surface area contributed by atoms with Crippen molar-refractivity contribution in [1.82, 2.24) is 15.3 Å². The number of hydrogen-bond acceptors (Lipinski definition) is 4. The molecular formula is C17H25N3O. The molecule has 1 aromatic heterocycles. The third-order valence-electron chi connectivity index (χ3n) is 4.36. The van der Waals surface area contributed by atoms with Gasteiger partial charge in [-0.2, -0.15) is 0 Å². The zero-order valence-electron chi connectivity index (χ0n) is 13.2. The van der Waals surface area contributed by atoms with E-state index in [0.29, 0.717) is 0 Å². The van der Waals surface area contributed by atoms with Gasteiger partial charge in [0.05, 0.1) is 6.04 Å². The van der Waals surface area contributed by atoms with Crippen molar-refractivity contribution in [3.8, 4) is 0 Å². The van der Waals surface area contributed by atoms with E-state index >= 15 is 0 Å². The third kappa shape index (κ3) is 2.98. The van der Waals surface area contributed by atoms with E-state index in [-0.39, 0.29) is 6.04 Å². The number of rotatable bonds is 4. The van der Waals surface area contributed by atoms with Gasteiger partial charge in [0.25, 0.3) is 0 Å². The maximum absolute atomic E-state index is 6.11. The van der Waals surface area contributed by atoms with Crippen molar-refractivity contribution in [3.63, 3.8) is 0 Å². The van der Waals surface area contributed by atoms with Crippen LogP contribution >= 0.6 is 0 Å². The number of fused-ring (bicyclic) bond motifs is 1. The van der Waals surface area contributed by atoms with Gasteiger partial charge in [-0.3, -0.25) is 0 Å². The molecule has 21 heavy (non-hydrogen) atoms. The first kappa shape index (κ1) is 14.6. The number of nitrogens with zero attached hydrogens (tertiary/aromatic N) is 2. The monoisotopic (exact) mass is 287 g/mol. The molecule has 1 atom stereocenters. The van der Waals surface area contributed by atoms with E-state index in [9.17, 15) is 0 Å².